The van der Waals surface area contributed by atoms with Gasteiger partial charge in [0.15, 0.2) is 0 Å². The van der Waals surface area contributed by atoms with E-state index in [2.05, 4.69) is 12.2 Å². The van der Waals surface area contributed by atoms with E-state index < -0.39 is 0 Å². The fraction of sp³-hybridized carbons (Fsp3) is 0.556. The van der Waals surface area contributed by atoms with Crippen molar-refractivity contribution in [2.24, 2.45) is 11.8 Å². The molecule has 0 saturated carbocycles. The first-order valence-electron chi connectivity index (χ1n) is 7.81. The van der Waals surface area contributed by atoms with E-state index in [1.165, 1.54) is 0 Å². The highest BCUT2D eigenvalue weighted by Crippen LogP contribution is 2.31. The van der Waals surface area contributed by atoms with Crippen molar-refractivity contribution in [3.63, 3.8) is 0 Å². The average Bonchev–Trinajstić information content (AvgIpc) is 2.64. The van der Waals surface area contributed by atoms with Gasteiger partial charge < -0.3 is 4.74 Å². The van der Waals surface area contributed by atoms with Crippen LogP contribution in [0.5, 0.6) is 5.75 Å². The quantitative estimate of drug-likeness (QED) is 0.869. The van der Waals surface area contributed by atoms with E-state index in [9.17, 15) is 9.59 Å². The van der Waals surface area contributed by atoms with Gasteiger partial charge in [-0.3, -0.25) is 14.9 Å². The van der Waals surface area contributed by atoms with Crippen LogP contribution in [-0.4, -0.2) is 17.4 Å². The van der Waals surface area contributed by atoms with Gasteiger partial charge in [-0.05, 0) is 50.8 Å². The van der Waals surface area contributed by atoms with E-state index in [0.717, 1.165) is 11.3 Å². The van der Waals surface area contributed by atoms with Crippen LogP contribution in [0.4, 0.5) is 0 Å². The predicted octanol–water partition coefficient (Wildman–Crippen LogP) is 3.27. The summed E-state index contributed by atoms with van der Waals surface area (Å²) in [6.45, 7) is 9.95. The van der Waals surface area contributed by atoms with Crippen LogP contribution < -0.4 is 10.1 Å². The number of hydrogen-bond acceptors (Lipinski definition) is 3. The first-order chi connectivity index (χ1) is 10.2. The molecule has 120 valence electrons. The van der Waals surface area contributed by atoms with Crippen LogP contribution >= 0.6 is 0 Å². The zero-order valence-electron chi connectivity index (χ0n) is 14.0. The Labute approximate surface area is 132 Å². The van der Waals surface area contributed by atoms with E-state index in [-0.39, 0.29) is 35.2 Å². The van der Waals surface area contributed by atoms with Crippen LogP contribution in [0.15, 0.2) is 24.3 Å². The van der Waals surface area contributed by atoms with Gasteiger partial charge in [-0.2, -0.15) is 0 Å². The summed E-state index contributed by atoms with van der Waals surface area (Å²) < 4.78 is 5.81. The molecule has 0 aliphatic carbocycles. The predicted molar refractivity (Wildman–Crippen MR) is 85.7 cm³/mol. The van der Waals surface area contributed by atoms with Gasteiger partial charge in [0.2, 0.25) is 11.8 Å². The molecule has 4 nitrogen and oxygen atoms in total. The van der Waals surface area contributed by atoms with Crippen LogP contribution in [0.1, 0.15) is 52.5 Å². The molecule has 1 aliphatic rings. The second-order valence-corrected chi connectivity index (χ2v) is 7.17. The fourth-order valence-electron chi connectivity index (χ4n) is 2.78. The SMILES string of the molecule is CC(CC1C(=O)NC(=O)C1C)c1ccc(OC(C)(C)C)cc1. The molecule has 3 atom stereocenters. The lowest BCUT2D eigenvalue weighted by Gasteiger charge is -2.22. The number of rotatable bonds is 4. The molecule has 1 fully saturated rings. The van der Waals surface area contributed by atoms with Crippen LogP contribution in [0.25, 0.3) is 0 Å². The number of benzene rings is 1. The molecule has 1 saturated heterocycles. The van der Waals surface area contributed by atoms with Crippen molar-refractivity contribution in [1.29, 1.82) is 0 Å². The number of carbonyl (C=O) groups excluding carboxylic acids is 2. The highest BCUT2D eigenvalue weighted by atomic mass is 16.5. The van der Waals surface area contributed by atoms with E-state index in [4.69, 9.17) is 4.74 Å². The van der Waals surface area contributed by atoms with E-state index >= 15 is 0 Å². The normalized spacial score (nSPS) is 23.3. The molecule has 4 heteroatoms. The van der Waals surface area contributed by atoms with Gasteiger partial charge in [-0.1, -0.05) is 26.0 Å². The summed E-state index contributed by atoms with van der Waals surface area (Å²) >= 11 is 0. The smallest absolute Gasteiger partial charge is 0.230 e. The molecule has 0 bridgehead atoms. The Kier molecular flexibility index (Phi) is 4.59. The largest absolute Gasteiger partial charge is 0.488 e. The highest BCUT2D eigenvalue weighted by Gasteiger charge is 2.38. The Morgan fingerprint density at radius 2 is 1.73 bits per heavy atom. The number of amides is 2. The number of hydrogen-bond donors (Lipinski definition) is 1. The van der Waals surface area contributed by atoms with Crippen molar-refractivity contribution in [2.45, 2.75) is 52.6 Å². The van der Waals surface area contributed by atoms with Gasteiger partial charge in [0, 0.05) is 5.92 Å². The molecule has 1 heterocycles. The minimum atomic E-state index is -0.238. The molecule has 1 N–H and O–H groups in total. The molecule has 3 unspecified atom stereocenters. The second kappa shape index (κ2) is 6.11. The standard InChI is InChI=1S/C18H25NO3/c1-11(10-15-12(2)16(20)19-17(15)21)13-6-8-14(9-7-13)22-18(3,4)5/h6-9,11-12,15H,10H2,1-5H3,(H,19,20,21). The second-order valence-electron chi connectivity index (χ2n) is 7.17. The summed E-state index contributed by atoms with van der Waals surface area (Å²) in [7, 11) is 0. The molecule has 0 radical (unpaired) electrons. The zero-order valence-corrected chi connectivity index (χ0v) is 14.0. The molecule has 2 rings (SSSR count). The highest BCUT2D eigenvalue weighted by molar-refractivity contribution is 6.04. The van der Waals surface area contributed by atoms with E-state index in [1.807, 2.05) is 52.0 Å². The molecule has 1 aromatic rings. The van der Waals surface area contributed by atoms with Gasteiger partial charge in [0.1, 0.15) is 11.4 Å². The Hall–Kier alpha value is -1.84. The average molecular weight is 303 g/mol. The van der Waals surface area contributed by atoms with Gasteiger partial charge in [-0.15, -0.1) is 0 Å². The summed E-state index contributed by atoms with van der Waals surface area (Å²) in [5.74, 6) is 0.290. The van der Waals surface area contributed by atoms with E-state index in [0.29, 0.717) is 6.42 Å². The number of imide groups is 1. The third-order valence-corrected chi connectivity index (χ3v) is 4.08. The Morgan fingerprint density at radius 3 is 2.18 bits per heavy atom. The van der Waals surface area contributed by atoms with Crippen molar-refractivity contribution >= 4 is 11.8 Å². The van der Waals surface area contributed by atoms with Crippen molar-refractivity contribution in [3.8, 4) is 5.75 Å². The third kappa shape index (κ3) is 3.87. The lowest BCUT2D eigenvalue weighted by atomic mass is 9.85. The Bertz CT molecular complexity index is 557. The maximum Gasteiger partial charge on any atom is 0.230 e. The summed E-state index contributed by atoms with van der Waals surface area (Å²) in [5, 5.41) is 2.41. The van der Waals surface area contributed by atoms with Crippen molar-refractivity contribution < 1.29 is 14.3 Å². The lowest BCUT2D eigenvalue weighted by molar-refractivity contribution is -0.126. The first-order valence-corrected chi connectivity index (χ1v) is 7.81. The van der Waals surface area contributed by atoms with Gasteiger partial charge in [0.25, 0.3) is 0 Å². The molecule has 0 spiro atoms. The fourth-order valence-corrected chi connectivity index (χ4v) is 2.78. The van der Waals surface area contributed by atoms with E-state index in [1.54, 1.807) is 0 Å². The summed E-state index contributed by atoms with van der Waals surface area (Å²) in [6, 6.07) is 7.98. The molecule has 0 aromatic heterocycles. The monoisotopic (exact) mass is 303 g/mol. The minimum absolute atomic E-state index is 0.142. The van der Waals surface area contributed by atoms with Crippen LogP contribution in [0, 0.1) is 11.8 Å². The van der Waals surface area contributed by atoms with Crippen LogP contribution in [0.3, 0.4) is 0 Å². The van der Waals surface area contributed by atoms with Crippen LogP contribution in [0.2, 0.25) is 0 Å². The molecule has 2 amide bonds. The van der Waals surface area contributed by atoms with Crippen molar-refractivity contribution in [2.75, 3.05) is 0 Å². The Morgan fingerprint density at radius 1 is 1.14 bits per heavy atom. The minimum Gasteiger partial charge on any atom is -0.488 e. The van der Waals surface area contributed by atoms with Crippen molar-refractivity contribution in [1.82, 2.24) is 5.32 Å². The summed E-state index contributed by atoms with van der Waals surface area (Å²) in [5.41, 5.74) is 0.936. The third-order valence-electron chi connectivity index (χ3n) is 4.08. The molecular formula is C18H25NO3. The van der Waals surface area contributed by atoms with Crippen LogP contribution in [-0.2, 0) is 9.59 Å². The molecular weight excluding hydrogens is 278 g/mol. The Balaban J connectivity index is 2.02. The summed E-state index contributed by atoms with van der Waals surface area (Å²) in [6.07, 6.45) is 0.679. The summed E-state index contributed by atoms with van der Waals surface area (Å²) in [4.78, 5) is 23.4. The topological polar surface area (TPSA) is 55.4 Å². The lowest BCUT2D eigenvalue weighted by Crippen LogP contribution is -2.23. The maximum absolute atomic E-state index is 11.8. The maximum atomic E-state index is 11.8. The van der Waals surface area contributed by atoms with Gasteiger partial charge in [-0.25, -0.2) is 0 Å². The molecule has 1 aliphatic heterocycles. The number of ether oxygens (including phenoxy) is 1. The first kappa shape index (κ1) is 16.5. The number of carbonyl (C=O) groups is 2. The zero-order chi connectivity index (χ0) is 16.5. The van der Waals surface area contributed by atoms with Crippen molar-refractivity contribution in [3.05, 3.63) is 29.8 Å². The number of nitrogens with one attached hydrogen (secondary N) is 1. The molecule has 22 heavy (non-hydrogen) atoms. The van der Waals surface area contributed by atoms with Gasteiger partial charge >= 0.3 is 0 Å². The van der Waals surface area contributed by atoms with Gasteiger partial charge in [0.05, 0.1) is 5.92 Å². The molecule has 1 aromatic carbocycles.